The van der Waals surface area contributed by atoms with E-state index in [-0.39, 0.29) is 18.0 Å². The maximum Gasteiger partial charge on any atom is 0.353 e. The van der Waals surface area contributed by atoms with Gasteiger partial charge in [0.15, 0.2) is 0 Å². The van der Waals surface area contributed by atoms with Crippen molar-refractivity contribution in [2.45, 2.75) is 24.8 Å². The number of β-lactam (4-membered cyclic amide) rings is 1. The summed E-state index contributed by atoms with van der Waals surface area (Å²) in [4.78, 5) is 43.2. The normalized spacial score (nSPS) is 22.6. The zero-order valence-electron chi connectivity index (χ0n) is 14.1. The molecule has 2 aliphatic heterocycles. The van der Waals surface area contributed by atoms with Crippen LogP contribution < -0.4 is 5.32 Å². The van der Waals surface area contributed by atoms with E-state index in [1.54, 1.807) is 6.92 Å². The van der Waals surface area contributed by atoms with E-state index in [1.165, 1.54) is 35.1 Å². The molecule has 2 aliphatic rings. The molecule has 1 saturated heterocycles. The van der Waals surface area contributed by atoms with Gasteiger partial charge < -0.3 is 15.3 Å². The smallest absolute Gasteiger partial charge is 0.353 e. The Kier molecular flexibility index (Phi) is 5.33. The van der Waals surface area contributed by atoms with Gasteiger partial charge in [0.25, 0.3) is 5.91 Å². The summed E-state index contributed by atoms with van der Waals surface area (Å²) < 4.78 is 0. The van der Waals surface area contributed by atoms with Gasteiger partial charge in [-0.05, 0) is 18.4 Å². The number of fused-ring (bicyclic) bond motifs is 1. The highest BCUT2D eigenvalue weighted by molar-refractivity contribution is 8.00. The van der Waals surface area contributed by atoms with E-state index >= 15 is 0 Å². The average molecular weight is 395 g/mol. The number of carboxylic acid groups (broad SMARTS) is 1. The number of carbonyl (C=O) groups excluding carboxylic acids is 2. The van der Waals surface area contributed by atoms with Crippen LogP contribution in [0.2, 0.25) is 0 Å². The zero-order valence-corrected chi connectivity index (χ0v) is 15.7. The number of rotatable bonds is 6. The molecule has 2 N–H and O–H groups in total. The lowest BCUT2D eigenvalue weighted by atomic mass is 10.0. The van der Waals surface area contributed by atoms with Crippen molar-refractivity contribution in [1.82, 2.24) is 10.2 Å². The summed E-state index contributed by atoms with van der Waals surface area (Å²) in [6.07, 6.45) is 0.200. The van der Waals surface area contributed by atoms with E-state index < -0.39 is 23.3 Å². The Morgan fingerprint density at radius 2 is 2.27 bits per heavy atom. The monoisotopic (exact) mass is 395 g/mol. The van der Waals surface area contributed by atoms with Gasteiger partial charge in [0.2, 0.25) is 5.91 Å². The molecule has 3 rings (SSSR count). The van der Waals surface area contributed by atoms with Gasteiger partial charge >= 0.3 is 5.97 Å². The summed E-state index contributed by atoms with van der Waals surface area (Å²) in [5, 5.41) is 17.5. The molecule has 2 atom stereocenters. The molecule has 0 aliphatic carbocycles. The Bertz CT molecular complexity index is 803. The maximum atomic E-state index is 12.5. The number of amides is 2. The average Bonchev–Trinajstić information content (AvgIpc) is 3.11. The predicted octanol–water partition coefficient (Wildman–Crippen LogP) is 1.05. The van der Waals surface area contributed by atoms with Crippen molar-refractivity contribution in [2.75, 3.05) is 12.9 Å². The highest BCUT2D eigenvalue weighted by Crippen LogP contribution is 2.40. The second-order valence-electron chi connectivity index (χ2n) is 5.70. The zero-order chi connectivity index (χ0) is 18.8. The largest absolute Gasteiger partial charge is 0.477 e. The minimum absolute atomic E-state index is 0.0965. The summed E-state index contributed by atoms with van der Waals surface area (Å²) in [5.74, 6) is -1.52. The molecule has 1 aromatic heterocycles. The van der Waals surface area contributed by atoms with E-state index in [2.05, 4.69) is 10.5 Å². The molecule has 0 bridgehead atoms. The van der Waals surface area contributed by atoms with Gasteiger partial charge in [0.1, 0.15) is 24.2 Å². The number of hydrogen-bond acceptors (Lipinski definition) is 7. The first kappa shape index (κ1) is 18.5. The molecule has 3 heterocycles. The van der Waals surface area contributed by atoms with E-state index in [9.17, 15) is 19.5 Å². The lowest BCUT2D eigenvalue weighted by Gasteiger charge is -2.49. The van der Waals surface area contributed by atoms with Crippen molar-refractivity contribution >= 4 is 46.6 Å². The Labute approximate surface area is 157 Å². The number of carboxylic acids is 1. The fourth-order valence-corrected chi connectivity index (χ4v) is 5.01. The number of nitrogens with one attached hydrogen (secondary N) is 1. The lowest BCUT2D eigenvalue weighted by Crippen LogP contribution is -2.70. The first-order chi connectivity index (χ1) is 12.4. The molecule has 2 amide bonds. The molecule has 0 spiro atoms. The third-order valence-electron chi connectivity index (χ3n) is 4.07. The van der Waals surface area contributed by atoms with Crippen LogP contribution in [0.3, 0.4) is 0 Å². The Morgan fingerprint density at radius 3 is 2.88 bits per heavy atom. The van der Waals surface area contributed by atoms with Gasteiger partial charge in [-0.3, -0.25) is 14.5 Å². The molecule has 0 unspecified atom stereocenters. The quantitative estimate of drug-likeness (QED) is 0.423. The second-order valence-corrected chi connectivity index (χ2v) is 7.84. The molecule has 1 aromatic rings. The number of nitrogens with zero attached hydrogens (tertiary/aromatic N) is 2. The summed E-state index contributed by atoms with van der Waals surface area (Å²) in [5.41, 5.74) is 0.756. The van der Waals surface area contributed by atoms with Crippen molar-refractivity contribution in [1.29, 1.82) is 0 Å². The molecule has 26 heavy (non-hydrogen) atoms. The molecule has 10 heteroatoms. The summed E-state index contributed by atoms with van der Waals surface area (Å²) in [6.45, 7) is 1.63. The van der Waals surface area contributed by atoms with Crippen molar-refractivity contribution in [3.05, 3.63) is 33.7 Å². The molecule has 0 aromatic carbocycles. The van der Waals surface area contributed by atoms with Gasteiger partial charge in [0, 0.05) is 16.2 Å². The third kappa shape index (κ3) is 3.34. The molecular formula is C16H17N3O5S2. The van der Waals surface area contributed by atoms with Gasteiger partial charge in [-0.15, -0.1) is 23.1 Å². The van der Waals surface area contributed by atoms with Gasteiger partial charge in [-0.25, -0.2) is 4.79 Å². The van der Waals surface area contributed by atoms with Crippen LogP contribution >= 0.6 is 23.1 Å². The minimum Gasteiger partial charge on any atom is -0.477 e. The number of carbonyl (C=O) groups is 3. The molecular weight excluding hydrogens is 378 g/mol. The highest BCUT2D eigenvalue weighted by Gasteiger charge is 2.54. The number of thiophene rings is 1. The molecule has 138 valence electrons. The van der Waals surface area contributed by atoms with Crippen LogP contribution in [0.5, 0.6) is 0 Å². The van der Waals surface area contributed by atoms with Gasteiger partial charge in [-0.2, -0.15) is 0 Å². The molecule has 0 radical (unpaired) electrons. The summed E-state index contributed by atoms with van der Waals surface area (Å²) in [6, 6.07) is 2.99. The Morgan fingerprint density at radius 1 is 1.50 bits per heavy atom. The summed E-state index contributed by atoms with van der Waals surface area (Å²) >= 11 is 2.86. The number of aliphatic carboxylic acids is 1. The van der Waals surface area contributed by atoms with E-state index in [1.807, 2.05) is 17.5 Å². The van der Waals surface area contributed by atoms with Crippen LogP contribution in [0.1, 0.15) is 11.8 Å². The fourth-order valence-electron chi connectivity index (χ4n) is 2.88. The number of hydrogen-bond donors (Lipinski definition) is 2. The van der Waals surface area contributed by atoms with Crippen LogP contribution in [-0.2, 0) is 25.6 Å². The first-order valence-corrected chi connectivity index (χ1v) is 9.68. The number of thioether (sulfide) groups is 1. The minimum atomic E-state index is -1.20. The molecule has 8 nitrogen and oxygen atoms in total. The van der Waals surface area contributed by atoms with Crippen molar-refractivity contribution in [3.63, 3.8) is 0 Å². The van der Waals surface area contributed by atoms with E-state index in [0.717, 1.165) is 4.88 Å². The second kappa shape index (κ2) is 7.50. The van der Waals surface area contributed by atoms with E-state index in [4.69, 9.17) is 4.84 Å². The Hall–Kier alpha value is -2.33. The van der Waals surface area contributed by atoms with Crippen LogP contribution in [0.25, 0.3) is 0 Å². The Balaban J connectivity index is 1.76. The van der Waals surface area contributed by atoms with Crippen molar-refractivity contribution < 1.29 is 24.3 Å². The maximum absolute atomic E-state index is 12.5. The van der Waals surface area contributed by atoms with E-state index in [0.29, 0.717) is 17.0 Å². The number of oxime groups is 1. The molecule has 1 fully saturated rings. The third-order valence-corrected chi connectivity index (χ3v) is 6.22. The van der Waals surface area contributed by atoms with Gasteiger partial charge in [0.05, 0.1) is 12.1 Å². The van der Waals surface area contributed by atoms with Gasteiger partial charge in [-0.1, -0.05) is 11.2 Å². The summed E-state index contributed by atoms with van der Waals surface area (Å²) in [7, 11) is 1.37. The molecule has 0 saturated carbocycles. The van der Waals surface area contributed by atoms with Crippen LogP contribution in [0.15, 0.2) is 33.9 Å². The highest BCUT2D eigenvalue weighted by atomic mass is 32.2. The standard InChI is InChI=1S/C16H17N3O5S2/c1-8(18-24-2)10-7-26-15-12(14(21)19(15)13(10)16(22)23)17-11(20)6-9-4-3-5-25-9/h3-5,12,15H,6-7H2,1-2H3,(H,17,20)(H,22,23)/b18-8+/t12-,15-/m1/s1. The topological polar surface area (TPSA) is 108 Å². The van der Waals surface area contributed by atoms with Crippen LogP contribution in [0.4, 0.5) is 0 Å². The first-order valence-electron chi connectivity index (χ1n) is 7.75. The predicted molar refractivity (Wildman–Crippen MR) is 97.8 cm³/mol. The SMILES string of the molecule is CO/N=C(\C)C1=C(C(=O)O)N2C(=O)[C@@H](NC(=O)Cc3cccs3)[C@H]2SC1. The lowest BCUT2D eigenvalue weighted by molar-refractivity contribution is -0.150. The van der Waals surface area contributed by atoms with Crippen molar-refractivity contribution in [2.24, 2.45) is 5.16 Å². The van der Waals surface area contributed by atoms with Crippen molar-refractivity contribution in [3.8, 4) is 0 Å². The van der Waals surface area contributed by atoms with Crippen LogP contribution in [0, 0.1) is 0 Å². The fraction of sp³-hybridized carbons (Fsp3) is 0.375. The van der Waals surface area contributed by atoms with Crippen LogP contribution in [-0.4, -0.2) is 57.8 Å².